The van der Waals surface area contributed by atoms with Crippen molar-refractivity contribution in [2.75, 3.05) is 13.2 Å². The average molecular weight is 392 g/mol. The number of nitrogens with zero attached hydrogens (tertiary/aromatic N) is 1. The number of rotatable bonds is 4. The second-order valence-corrected chi connectivity index (χ2v) is 9.75. The van der Waals surface area contributed by atoms with Gasteiger partial charge in [-0.25, -0.2) is 4.79 Å². The molecule has 2 aliphatic rings. The van der Waals surface area contributed by atoms with Crippen LogP contribution in [0.5, 0.6) is 0 Å². The highest BCUT2D eigenvalue weighted by atomic mass is 16.5. The number of carbonyl (C=O) groups excluding carboxylic acids is 2. The van der Waals surface area contributed by atoms with Crippen LogP contribution in [0.2, 0.25) is 0 Å². The summed E-state index contributed by atoms with van der Waals surface area (Å²) in [5, 5.41) is 0. The molecule has 0 N–H and O–H groups in total. The molecule has 152 valence electrons. The summed E-state index contributed by atoms with van der Waals surface area (Å²) in [7, 11) is 0. The summed E-state index contributed by atoms with van der Waals surface area (Å²) in [4.78, 5) is 27.1. The summed E-state index contributed by atoms with van der Waals surface area (Å²) in [6, 6.07) is 17.6. The largest absolute Gasteiger partial charge is 0.452 e. The van der Waals surface area contributed by atoms with E-state index in [1.165, 1.54) is 0 Å². The molecule has 4 heteroatoms. The first-order chi connectivity index (χ1) is 13.7. The zero-order valence-corrected chi connectivity index (χ0v) is 17.5. The van der Waals surface area contributed by atoms with Gasteiger partial charge < -0.3 is 9.64 Å². The lowest BCUT2D eigenvalue weighted by Gasteiger charge is -2.39. The smallest absolute Gasteiger partial charge is 0.338 e. The third kappa shape index (κ3) is 4.21. The van der Waals surface area contributed by atoms with Crippen molar-refractivity contribution >= 4 is 11.9 Å². The summed E-state index contributed by atoms with van der Waals surface area (Å²) >= 11 is 0. The van der Waals surface area contributed by atoms with Crippen molar-refractivity contribution in [2.24, 2.45) is 10.8 Å². The van der Waals surface area contributed by atoms with E-state index in [4.69, 9.17) is 4.74 Å². The Labute approximate surface area is 172 Å². The molecule has 1 saturated carbocycles. The summed E-state index contributed by atoms with van der Waals surface area (Å²) in [5.74, 6) is -0.530. The average Bonchev–Trinajstić information content (AvgIpc) is 2.95. The normalized spacial score (nSPS) is 24.9. The van der Waals surface area contributed by atoms with Crippen LogP contribution in [0.1, 0.15) is 50.4 Å². The van der Waals surface area contributed by atoms with E-state index in [1.54, 1.807) is 12.1 Å². The number of amides is 1. The molecular weight excluding hydrogens is 362 g/mol. The van der Waals surface area contributed by atoms with Crippen molar-refractivity contribution in [1.29, 1.82) is 0 Å². The van der Waals surface area contributed by atoms with Gasteiger partial charge in [0.1, 0.15) is 0 Å². The van der Waals surface area contributed by atoms with Crippen molar-refractivity contribution in [3.8, 4) is 11.1 Å². The van der Waals surface area contributed by atoms with Gasteiger partial charge in [0.2, 0.25) is 0 Å². The number of fused-ring (bicyclic) bond motifs is 2. The molecule has 0 radical (unpaired) electrons. The fraction of sp³-hybridized carbons (Fsp3) is 0.440. The minimum Gasteiger partial charge on any atom is -0.452 e. The molecule has 1 aliphatic heterocycles. The van der Waals surface area contributed by atoms with Crippen molar-refractivity contribution in [3.05, 3.63) is 60.2 Å². The lowest BCUT2D eigenvalue weighted by Crippen LogP contribution is -2.39. The molecule has 1 saturated heterocycles. The van der Waals surface area contributed by atoms with Crippen LogP contribution in [0.15, 0.2) is 54.6 Å². The lowest BCUT2D eigenvalue weighted by atomic mass is 9.65. The van der Waals surface area contributed by atoms with Crippen LogP contribution in [-0.2, 0) is 9.53 Å². The van der Waals surface area contributed by atoms with E-state index in [0.29, 0.717) is 5.56 Å². The molecule has 1 amide bonds. The first kappa shape index (κ1) is 19.7. The van der Waals surface area contributed by atoms with Gasteiger partial charge in [0.05, 0.1) is 5.56 Å². The molecule has 4 rings (SSSR count). The molecule has 2 bridgehead atoms. The minimum absolute atomic E-state index is 0.0781. The number of carbonyl (C=O) groups is 2. The molecule has 1 aliphatic carbocycles. The zero-order chi connectivity index (χ0) is 20.6. The first-order valence-corrected chi connectivity index (χ1v) is 10.4. The second-order valence-electron chi connectivity index (χ2n) is 9.75. The van der Waals surface area contributed by atoms with E-state index in [-0.39, 0.29) is 29.4 Å². The first-order valence-electron chi connectivity index (χ1n) is 10.4. The van der Waals surface area contributed by atoms with E-state index in [1.807, 2.05) is 47.4 Å². The highest BCUT2D eigenvalue weighted by Crippen LogP contribution is 2.52. The van der Waals surface area contributed by atoms with Gasteiger partial charge in [0.25, 0.3) is 5.91 Å². The lowest BCUT2D eigenvalue weighted by molar-refractivity contribution is -0.135. The summed E-state index contributed by atoms with van der Waals surface area (Å²) in [6.07, 6.45) is 3.20. The van der Waals surface area contributed by atoms with Gasteiger partial charge in [-0.1, -0.05) is 63.2 Å². The highest BCUT2D eigenvalue weighted by molar-refractivity contribution is 5.92. The summed E-state index contributed by atoms with van der Waals surface area (Å²) in [6.45, 7) is 7.42. The molecule has 2 atom stereocenters. The number of benzene rings is 2. The SMILES string of the molecule is CC1(C)C[C@H]2C[C@](C)(CN2C(=O)COC(=O)c2ccc(-c3ccccc3)cc2)C1. The number of hydrogen-bond acceptors (Lipinski definition) is 3. The number of likely N-dealkylation sites (tertiary alicyclic amines) is 1. The number of ether oxygens (including phenoxy) is 1. The maximum atomic E-state index is 12.8. The van der Waals surface area contributed by atoms with Gasteiger partial charge in [0, 0.05) is 12.6 Å². The number of hydrogen-bond donors (Lipinski definition) is 0. The maximum Gasteiger partial charge on any atom is 0.338 e. The van der Waals surface area contributed by atoms with Gasteiger partial charge in [-0.15, -0.1) is 0 Å². The fourth-order valence-electron chi connectivity index (χ4n) is 5.47. The molecule has 29 heavy (non-hydrogen) atoms. The van der Waals surface area contributed by atoms with Gasteiger partial charge in [-0.3, -0.25) is 4.79 Å². The van der Waals surface area contributed by atoms with Crippen molar-refractivity contribution in [1.82, 2.24) is 4.90 Å². The third-order valence-corrected chi connectivity index (χ3v) is 6.29. The predicted molar refractivity (Wildman–Crippen MR) is 113 cm³/mol. The quantitative estimate of drug-likeness (QED) is 0.694. The predicted octanol–water partition coefficient (Wildman–Crippen LogP) is 4.94. The molecule has 4 nitrogen and oxygen atoms in total. The second kappa shape index (κ2) is 7.33. The monoisotopic (exact) mass is 391 g/mol. The van der Waals surface area contributed by atoms with Crippen molar-refractivity contribution in [3.63, 3.8) is 0 Å². The Kier molecular flexibility index (Phi) is 4.97. The van der Waals surface area contributed by atoms with E-state index in [0.717, 1.165) is 36.9 Å². The standard InChI is InChI=1S/C25H29NO3/c1-24(2)13-21-14-25(3,16-24)17-26(21)22(27)15-29-23(28)20-11-9-19(10-12-20)18-7-5-4-6-8-18/h4-12,21H,13-17H2,1-3H3/t21-,25-/m0/s1. The van der Waals surface area contributed by atoms with Crippen LogP contribution in [0.25, 0.3) is 11.1 Å². The summed E-state index contributed by atoms with van der Waals surface area (Å²) in [5.41, 5.74) is 3.03. The topological polar surface area (TPSA) is 46.6 Å². The van der Waals surface area contributed by atoms with Crippen LogP contribution in [-0.4, -0.2) is 36.0 Å². The maximum absolute atomic E-state index is 12.8. The van der Waals surface area contributed by atoms with E-state index in [9.17, 15) is 9.59 Å². The fourth-order valence-corrected chi connectivity index (χ4v) is 5.47. The van der Waals surface area contributed by atoms with Crippen LogP contribution in [0.3, 0.4) is 0 Å². The molecular formula is C25H29NO3. The Hall–Kier alpha value is -2.62. The van der Waals surface area contributed by atoms with E-state index >= 15 is 0 Å². The molecule has 2 aromatic rings. The van der Waals surface area contributed by atoms with Crippen LogP contribution in [0, 0.1) is 10.8 Å². The Balaban J connectivity index is 1.36. The molecule has 0 aromatic heterocycles. The summed E-state index contributed by atoms with van der Waals surface area (Å²) < 4.78 is 5.35. The van der Waals surface area contributed by atoms with Crippen LogP contribution < -0.4 is 0 Å². The molecule has 2 fully saturated rings. The Morgan fingerprint density at radius 1 is 0.966 bits per heavy atom. The van der Waals surface area contributed by atoms with E-state index < -0.39 is 5.97 Å². The highest BCUT2D eigenvalue weighted by Gasteiger charge is 2.50. The minimum atomic E-state index is -0.452. The number of esters is 1. The van der Waals surface area contributed by atoms with Crippen LogP contribution in [0.4, 0.5) is 0 Å². The zero-order valence-electron chi connectivity index (χ0n) is 17.5. The molecule has 2 aromatic carbocycles. The molecule has 0 spiro atoms. The van der Waals surface area contributed by atoms with Gasteiger partial charge in [-0.2, -0.15) is 0 Å². The Morgan fingerprint density at radius 3 is 2.31 bits per heavy atom. The van der Waals surface area contributed by atoms with Gasteiger partial charge in [-0.05, 0) is 53.4 Å². The Bertz CT molecular complexity index is 903. The molecule has 0 unspecified atom stereocenters. The Morgan fingerprint density at radius 2 is 1.62 bits per heavy atom. The van der Waals surface area contributed by atoms with Gasteiger partial charge >= 0.3 is 5.97 Å². The third-order valence-electron chi connectivity index (χ3n) is 6.29. The van der Waals surface area contributed by atoms with E-state index in [2.05, 4.69) is 20.8 Å². The van der Waals surface area contributed by atoms with Gasteiger partial charge in [0.15, 0.2) is 6.61 Å². The molecule has 1 heterocycles. The van der Waals surface area contributed by atoms with Crippen molar-refractivity contribution < 1.29 is 14.3 Å². The van der Waals surface area contributed by atoms with Crippen molar-refractivity contribution in [2.45, 2.75) is 46.1 Å². The van der Waals surface area contributed by atoms with Crippen LogP contribution >= 0.6 is 0 Å².